The summed E-state index contributed by atoms with van der Waals surface area (Å²) in [7, 11) is 0. The van der Waals surface area contributed by atoms with Crippen LogP contribution in [-0.2, 0) is 4.79 Å². The number of rotatable bonds is 1. The molecule has 0 aromatic heterocycles. The van der Waals surface area contributed by atoms with Crippen molar-refractivity contribution >= 4 is 28.9 Å². The van der Waals surface area contributed by atoms with Crippen LogP contribution in [0.3, 0.4) is 0 Å². The first kappa shape index (κ1) is 11.3. The van der Waals surface area contributed by atoms with Crippen molar-refractivity contribution in [3.8, 4) is 0 Å². The Labute approximate surface area is 100 Å². The molecule has 4 heteroatoms. The van der Waals surface area contributed by atoms with E-state index < -0.39 is 0 Å². The highest BCUT2D eigenvalue weighted by Gasteiger charge is 2.31. The molecule has 1 atom stereocenters. The zero-order valence-electron chi connectivity index (χ0n) is 9.62. The number of hydrogen-bond acceptors (Lipinski definition) is 2. The second-order valence-corrected chi connectivity index (χ2v) is 4.77. The number of amides is 1. The summed E-state index contributed by atoms with van der Waals surface area (Å²) in [5.74, 6) is 0.0877. The summed E-state index contributed by atoms with van der Waals surface area (Å²) in [5, 5.41) is 3.82. The van der Waals surface area contributed by atoms with E-state index in [-0.39, 0.29) is 18.0 Å². The molecule has 1 aromatic rings. The number of anilines is 2. The number of carbonyl (C=O) groups is 1. The maximum Gasteiger partial charge on any atom is 0.249 e. The van der Waals surface area contributed by atoms with Gasteiger partial charge in [0.1, 0.15) is 6.04 Å². The van der Waals surface area contributed by atoms with Gasteiger partial charge in [-0.25, -0.2) is 0 Å². The third-order valence-electron chi connectivity index (χ3n) is 2.72. The number of nitrogens with one attached hydrogen (secondary N) is 1. The van der Waals surface area contributed by atoms with E-state index in [0.29, 0.717) is 5.02 Å². The molecule has 1 aliphatic heterocycles. The number of hydrogen-bond donors (Lipinski definition) is 1. The maximum atomic E-state index is 12.1. The van der Waals surface area contributed by atoms with Crippen molar-refractivity contribution in [1.29, 1.82) is 0 Å². The van der Waals surface area contributed by atoms with Gasteiger partial charge in [-0.2, -0.15) is 0 Å². The second-order valence-electron chi connectivity index (χ2n) is 4.33. The molecule has 1 N–H and O–H groups in total. The molecule has 1 aromatic carbocycles. The van der Waals surface area contributed by atoms with Crippen LogP contribution in [0, 0.1) is 0 Å². The Morgan fingerprint density at radius 1 is 1.44 bits per heavy atom. The van der Waals surface area contributed by atoms with Crippen molar-refractivity contribution in [3.63, 3.8) is 0 Å². The molecular formula is C12H15ClN2O. The smallest absolute Gasteiger partial charge is 0.249 e. The summed E-state index contributed by atoms with van der Waals surface area (Å²) in [6.45, 7) is 5.87. The van der Waals surface area contributed by atoms with Crippen molar-refractivity contribution in [1.82, 2.24) is 0 Å². The molecule has 1 aliphatic rings. The quantitative estimate of drug-likeness (QED) is 0.816. The molecule has 0 saturated heterocycles. The molecule has 16 heavy (non-hydrogen) atoms. The first-order valence-electron chi connectivity index (χ1n) is 5.40. The predicted molar refractivity (Wildman–Crippen MR) is 67.2 cm³/mol. The van der Waals surface area contributed by atoms with Crippen molar-refractivity contribution in [3.05, 3.63) is 23.2 Å². The van der Waals surface area contributed by atoms with Gasteiger partial charge in [-0.1, -0.05) is 11.6 Å². The molecule has 0 radical (unpaired) electrons. The van der Waals surface area contributed by atoms with E-state index in [9.17, 15) is 4.79 Å². The van der Waals surface area contributed by atoms with E-state index in [2.05, 4.69) is 5.32 Å². The van der Waals surface area contributed by atoms with Gasteiger partial charge in [0, 0.05) is 11.1 Å². The molecule has 3 nitrogen and oxygen atoms in total. The molecule has 0 bridgehead atoms. The first-order valence-corrected chi connectivity index (χ1v) is 5.77. The number of nitrogens with zero attached hydrogens (tertiary/aromatic N) is 1. The monoisotopic (exact) mass is 238 g/mol. The SMILES string of the molecule is CC1Nc2ccc(Cl)cc2N(C(C)C)C1=O. The van der Waals surface area contributed by atoms with Crippen LogP contribution >= 0.6 is 11.6 Å². The molecule has 0 aliphatic carbocycles. The summed E-state index contributed by atoms with van der Waals surface area (Å²) in [5.41, 5.74) is 1.83. The predicted octanol–water partition coefficient (Wildman–Crippen LogP) is 2.90. The standard InChI is InChI=1S/C12H15ClN2O/c1-7(2)15-11-6-9(13)4-5-10(11)14-8(3)12(15)16/h4-8,14H,1-3H3. The fourth-order valence-corrected chi connectivity index (χ4v) is 2.15. The van der Waals surface area contributed by atoms with Crippen LogP contribution in [0.2, 0.25) is 5.02 Å². The zero-order valence-corrected chi connectivity index (χ0v) is 10.4. The van der Waals surface area contributed by atoms with Crippen LogP contribution in [0.25, 0.3) is 0 Å². The van der Waals surface area contributed by atoms with Crippen LogP contribution in [0.15, 0.2) is 18.2 Å². The summed E-state index contributed by atoms with van der Waals surface area (Å²) < 4.78 is 0. The number of fused-ring (bicyclic) bond motifs is 1. The Hall–Kier alpha value is -1.22. The second kappa shape index (κ2) is 3.98. The summed E-state index contributed by atoms with van der Waals surface area (Å²) >= 11 is 5.97. The first-order chi connectivity index (χ1) is 7.50. The third-order valence-corrected chi connectivity index (χ3v) is 2.95. The average Bonchev–Trinajstić information content (AvgIpc) is 2.20. The van der Waals surface area contributed by atoms with Gasteiger partial charge < -0.3 is 10.2 Å². The van der Waals surface area contributed by atoms with E-state index in [1.807, 2.05) is 39.0 Å². The molecule has 86 valence electrons. The van der Waals surface area contributed by atoms with Gasteiger partial charge in [0.2, 0.25) is 5.91 Å². The fraction of sp³-hybridized carbons (Fsp3) is 0.417. The minimum Gasteiger partial charge on any atom is -0.372 e. The van der Waals surface area contributed by atoms with Crippen LogP contribution in [0.4, 0.5) is 11.4 Å². The van der Waals surface area contributed by atoms with Crippen LogP contribution < -0.4 is 10.2 Å². The van der Waals surface area contributed by atoms with Crippen molar-refractivity contribution < 1.29 is 4.79 Å². The highest BCUT2D eigenvalue weighted by Crippen LogP contribution is 2.34. The Morgan fingerprint density at radius 2 is 2.12 bits per heavy atom. The molecule has 0 saturated carbocycles. The Balaban J connectivity index is 2.53. The molecule has 1 amide bonds. The van der Waals surface area contributed by atoms with E-state index in [0.717, 1.165) is 11.4 Å². The summed E-state index contributed by atoms with van der Waals surface area (Å²) in [6.07, 6.45) is 0. The largest absolute Gasteiger partial charge is 0.372 e. The summed E-state index contributed by atoms with van der Waals surface area (Å²) in [4.78, 5) is 13.9. The normalized spacial score (nSPS) is 19.7. The van der Waals surface area contributed by atoms with E-state index in [4.69, 9.17) is 11.6 Å². The van der Waals surface area contributed by atoms with E-state index in [1.165, 1.54) is 0 Å². The van der Waals surface area contributed by atoms with Gasteiger partial charge in [-0.15, -0.1) is 0 Å². The zero-order chi connectivity index (χ0) is 11.9. The van der Waals surface area contributed by atoms with Crippen molar-refractivity contribution in [2.24, 2.45) is 0 Å². The average molecular weight is 239 g/mol. The minimum absolute atomic E-state index is 0.0877. The topological polar surface area (TPSA) is 32.3 Å². The van der Waals surface area contributed by atoms with Gasteiger partial charge >= 0.3 is 0 Å². The third kappa shape index (κ3) is 1.76. The highest BCUT2D eigenvalue weighted by atomic mass is 35.5. The van der Waals surface area contributed by atoms with E-state index in [1.54, 1.807) is 4.90 Å². The fourth-order valence-electron chi connectivity index (χ4n) is 1.98. The van der Waals surface area contributed by atoms with Gasteiger partial charge in [0.05, 0.1) is 11.4 Å². The van der Waals surface area contributed by atoms with Crippen LogP contribution in [0.5, 0.6) is 0 Å². The van der Waals surface area contributed by atoms with Gasteiger partial charge in [-0.3, -0.25) is 4.79 Å². The molecule has 0 spiro atoms. The van der Waals surface area contributed by atoms with E-state index >= 15 is 0 Å². The number of halogens is 1. The molecule has 2 rings (SSSR count). The Bertz CT molecular complexity index is 431. The summed E-state index contributed by atoms with van der Waals surface area (Å²) in [6, 6.07) is 5.52. The lowest BCUT2D eigenvalue weighted by molar-refractivity contribution is -0.119. The number of benzene rings is 1. The molecule has 1 unspecified atom stereocenters. The highest BCUT2D eigenvalue weighted by molar-refractivity contribution is 6.31. The lowest BCUT2D eigenvalue weighted by Gasteiger charge is -2.36. The van der Waals surface area contributed by atoms with Gasteiger partial charge in [-0.05, 0) is 39.0 Å². The van der Waals surface area contributed by atoms with Gasteiger partial charge in [0.15, 0.2) is 0 Å². The van der Waals surface area contributed by atoms with Crippen molar-refractivity contribution in [2.45, 2.75) is 32.9 Å². The van der Waals surface area contributed by atoms with Gasteiger partial charge in [0.25, 0.3) is 0 Å². The van der Waals surface area contributed by atoms with Crippen LogP contribution in [-0.4, -0.2) is 18.0 Å². The Morgan fingerprint density at radius 3 is 2.75 bits per heavy atom. The van der Waals surface area contributed by atoms with Crippen LogP contribution in [0.1, 0.15) is 20.8 Å². The lowest BCUT2D eigenvalue weighted by Crippen LogP contribution is -2.48. The molecule has 1 heterocycles. The minimum atomic E-state index is -0.184. The number of carbonyl (C=O) groups excluding carboxylic acids is 1. The maximum absolute atomic E-state index is 12.1. The lowest BCUT2D eigenvalue weighted by atomic mass is 10.1. The Kier molecular flexibility index (Phi) is 2.80. The molecule has 0 fully saturated rings. The van der Waals surface area contributed by atoms with Crippen molar-refractivity contribution in [2.75, 3.05) is 10.2 Å². The molecular weight excluding hydrogens is 224 g/mol.